The second-order valence-corrected chi connectivity index (χ2v) is 9.48. The number of carbonyl (C=O) groups excluding carboxylic acids is 1. The lowest BCUT2D eigenvalue weighted by atomic mass is 10.1. The first-order valence-corrected chi connectivity index (χ1v) is 11.5. The molecule has 0 radical (unpaired) electrons. The first-order chi connectivity index (χ1) is 15.3. The number of nitro groups is 1. The average molecular weight is 455 g/mol. The van der Waals surface area contributed by atoms with Gasteiger partial charge >= 0.3 is 0 Å². The van der Waals surface area contributed by atoms with Crippen molar-refractivity contribution in [1.82, 2.24) is 9.21 Å². The molecule has 0 unspecified atom stereocenters. The number of carbonyl (C=O) groups is 1. The highest BCUT2D eigenvalue weighted by Gasteiger charge is 2.29. The summed E-state index contributed by atoms with van der Waals surface area (Å²) >= 11 is 0. The number of non-ortho nitro benzene ring substituents is 1. The maximum atomic E-state index is 13.1. The van der Waals surface area contributed by atoms with Gasteiger partial charge in [0.05, 0.1) is 16.4 Å². The number of amides is 1. The Morgan fingerprint density at radius 2 is 1.59 bits per heavy atom. The summed E-state index contributed by atoms with van der Waals surface area (Å²) in [5, 5.41) is 15.3. The second kappa shape index (κ2) is 9.03. The van der Waals surface area contributed by atoms with E-state index in [4.69, 9.17) is 0 Å². The number of benzene rings is 3. The molecule has 1 aliphatic heterocycles. The molecule has 0 bridgehead atoms. The molecule has 1 fully saturated rings. The van der Waals surface area contributed by atoms with E-state index in [0.717, 1.165) is 10.8 Å². The van der Waals surface area contributed by atoms with Gasteiger partial charge in [0.25, 0.3) is 5.69 Å². The molecule has 1 aliphatic rings. The molecular formula is C22H22N4O5S. The Hall–Kier alpha value is -3.34. The average Bonchev–Trinajstić information content (AvgIpc) is 2.79. The van der Waals surface area contributed by atoms with Crippen LogP contribution in [0.2, 0.25) is 0 Å². The van der Waals surface area contributed by atoms with Crippen molar-refractivity contribution in [2.24, 2.45) is 0 Å². The summed E-state index contributed by atoms with van der Waals surface area (Å²) in [6, 6.07) is 18.3. The third-order valence-corrected chi connectivity index (χ3v) is 7.31. The molecule has 10 heteroatoms. The summed E-state index contributed by atoms with van der Waals surface area (Å²) in [5.41, 5.74) is 0.421. The van der Waals surface area contributed by atoms with Crippen molar-refractivity contribution >= 4 is 38.1 Å². The Kier molecular flexibility index (Phi) is 6.17. The van der Waals surface area contributed by atoms with E-state index in [1.165, 1.54) is 28.6 Å². The number of hydrogen-bond donors (Lipinski definition) is 1. The van der Waals surface area contributed by atoms with Gasteiger partial charge in [0.15, 0.2) is 0 Å². The van der Waals surface area contributed by atoms with Crippen molar-refractivity contribution in [3.05, 3.63) is 76.8 Å². The van der Waals surface area contributed by atoms with Gasteiger partial charge in [-0.2, -0.15) is 4.31 Å². The Bertz CT molecular complexity index is 1250. The molecule has 3 aromatic carbocycles. The van der Waals surface area contributed by atoms with Gasteiger partial charge in [-0.25, -0.2) is 8.42 Å². The number of rotatable bonds is 6. The number of hydrogen-bond acceptors (Lipinski definition) is 6. The minimum Gasteiger partial charge on any atom is -0.325 e. The molecule has 1 N–H and O–H groups in total. The minimum atomic E-state index is -3.61. The highest BCUT2D eigenvalue weighted by atomic mass is 32.2. The maximum Gasteiger partial charge on any atom is 0.269 e. The second-order valence-electron chi connectivity index (χ2n) is 7.54. The fourth-order valence-electron chi connectivity index (χ4n) is 3.68. The predicted molar refractivity (Wildman–Crippen MR) is 121 cm³/mol. The molecule has 1 heterocycles. The Labute approximate surface area is 185 Å². The van der Waals surface area contributed by atoms with E-state index in [2.05, 4.69) is 5.32 Å². The van der Waals surface area contributed by atoms with E-state index < -0.39 is 14.9 Å². The van der Waals surface area contributed by atoms with Crippen molar-refractivity contribution in [3.63, 3.8) is 0 Å². The van der Waals surface area contributed by atoms with Crippen molar-refractivity contribution in [1.29, 1.82) is 0 Å². The van der Waals surface area contributed by atoms with Crippen LogP contribution in [0.25, 0.3) is 10.8 Å². The van der Waals surface area contributed by atoms with Crippen molar-refractivity contribution in [3.8, 4) is 0 Å². The van der Waals surface area contributed by atoms with Crippen molar-refractivity contribution in [2.45, 2.75) is 4.90 Å². The molecule has 3 aromatic rings. The van der Waals surface area contributed by atoms with Crippen LogP contribution in [0, 0.1) is 10.1 Å². The van der Waals surface area contributed by atoms with Crippen LogP contribution in [-0.4, -0.2) is 61.2 Å². The van der Waals surface area contributed by atoms with Crippen LogP contribution in [-0.2, 0) is 14.8 Å². The zero-order valence-electron chi connectivity index (χ0n) is 17.2. The molecule has 32 heavy (non-hydrogen) atoms. The van der Waals surface area contributed by atoms with Gasteiger partial charge in [-0.05, 0) is 35.0 Å². The van der Waals surface area contributed by atoms with Crippen LogP contribution < -0.4 is 5.32 Å². The van der Waals surface area contributed by atoms with Gasteiger partial charge in [-0.1, -0.05) is 30.3 Å². The summed E-state index contributed by atoms with van der Waals surface area (Å²) in [6.07, 6.45) is 0. The van der Waals surface area contributed by atoms with Crippen LogP contribution >= 0.6 is 0 Å². The van der Waals surface area contributed by atoms with E-state index >= 15 is 0 Å². The molecule has 1 amide bonds. The summed E-state index contributed by atoms with van der Waals surface area (Å²) < 4.78 is 27.6. The molecule has 166 valence electrons. The first kappa shape index (κ1) is 21.9. The van der Waals surface area contributed by atoms with Gasteiger partial charge in [0.1, 0.15) is 0 Å². The SMILES string of the molecule is O=C(CN1CCN(S(=O)(=O)c2ccc3ccccc3c2)CC1)Nc1ccc([N+](=O)[O-])cc1. The standard InChI is InChI=1S/C22H22N4O5S/c27-22(23-19-6-8-20(9-7-19)26(28)29)16-24-11-13-25(14-12-24)32(30,31)21-10-5-17-3-1-2-4-18(17)15-21/h1-10,15H,11-14,16H2,(H,23,27). The molecule has 9 nitrogen and oxygen atoms in total. The number of nitrogens with one attached hydrogen (secondary N) is 1. The van der Waals surface area contributed by atoms with E-state index in [9.17, 15) is 23.3 Å². The third-order valence-electron chi connectivity index (χ3n) is 5.42. The minimum absolute atomic E-state index is 0.0493. The molecule has 0 aromatic heterocycles. The van der Waals surface area contributed by atoms with Crippen LogP contribution in [0.3, 0.4) is 0 Å². The Morgan fingerprint density at radius 1 is 0.938 bits per heavy atom. The molecule has 0 aliphatic carbocycles. The van der Waals surface area contributed by atoms with Gasteiger partial charge in [0, 0.05) is 44.0 Å². The lowest BCUT2D eigenvalue weighted by Gasteiger charge is -2.33. The molecule has 0 saturated carbocycles. The van der Waals surface area contributed by atoms with E-state index in [1.807, 2.05) is 29.2 Å². The highest BCUT2D eigenvalue weighted by molar-refractivity contribution is 7.89. The number of piperazine rings is 1. The summed E-state index contributed by atoms with van der Waals surface area (Å²) in [4.78, 5) is 24.7. The van der Waals surface area contributed by atoms with Gasteiger partial charge in [-0.15, -0.1) is 0 Å². The van der Waals surface area contributed by atoms with Gasteiger partial charge in [0.2, 0.25) is 15.9 Å². The van der Waals surface area contributed by atoms with Crippen LogP contribution in [0.15, 0.2) is 71.6 Å². The third kappa shape index (κ3) is 4.77. The zero-order chi connectivity index (χ0) is 22.7. The highest BCUT2D eigenvalue weighted by Crippen LogP contribution is 2.23. The summed E-state index contributed by atoms with van der Waals surface area (Å²) in [6.45, 7) is 1.56. The number of nitrogens with zero attached hydrogens (tertiary/aromatic N) is 3. The quantitative estimate of drug-likeness (QED) is 0.453. The van der Waals surface area contributed by atoms with E-state index in [1.54, 1.807) is 18.2 Å². The number of anilines is 1. The normalized spacial score (nSPS) is 15.5. The zero-order valence-corrected chi connectivity index (χ0v) is 18.0. The Balaban J connectivity index is 1.33. The Morgan fingerprint density at radius 3 is 2.25 bits per heavy atom. The first-order valence-electron chi connectivity index (χ1n) is 10.1. The monoisotopic (exact) mass is 454 g/mol. The number of fused-ring (bicyclic) bond motifs is 1. The van der Waals surface area contributed by atoms with E-state index in [0.29, 0.717) is 31.9 Å². The van der Waals surface area contributed by atoms with Gasteiger partial charge in [-0.3, -0.25) is 19.8 Å². The lowest BCUT2D eigenvalue weighted by molar-refractivity contribution is -0.384. The molecule has 0 spiro atoms. The largest absolute Gasteiger partial charge is 0.325 e. The van der Waals surface area contributed by atoms with Crippen molar-refractivity contribution < 1.29 is 18.1 Å². The molecule has 0 atom stereocenters. The molecule has 4 rings (SSSR count). The lowest BCUT2D eigenvalue weighted by Crippen LogP contribution is -2.50. The fourth-order valence-corrected chi connectivity index (χ4v) is 5.13. The van der Waals surface area contributed by atoms with Crippen LogP contribution in [0.1, 0.15) is 0 Å². The van der Waals surface area contributed by atoms with E-state index in [-0.39, 0.29) is 23.0 Å². The maximum absolute atomic E-state index is 13.1. The summed E-state index contributed by atoms with van der Waals surface area (Å²) in [5.74, 6) is -0.260. The molecule has 1 saturated heterocycles. The topological polar surface area (TPSA) is 113 Å². The fraction of sp³-hybridized carbons (Fsp3) is 0.227. The van der Waals surface area contributed by atoms with Crippen LogP contribution in [0.4, 0.5) is 11.4 Å². The van der Waals surface area contributed by atoms with Crippen molar-refractivity contribution in [2.75, 3.05) is 38.0 Å². The smallest absolute Gasteiger partial charge is 0.269 e. The number of sulfonamides is 1. The predicted octanol–water partition coefficient (Wildman–Crippen LogP) is 2.69. The number of nitro benzene ring substituents is 1. The summed E-state index contributed by atoms with van der Waals surface area (Å²) in [7, 11) is -3.61. The van der Waals surface area contributed by atoms with Crippen LogP contribution in [0.5, 0.6) is 0 Å². The molecular weight excluding hydrogens is 432 g/mol. The van der Waals surface area contributed by atoms with Gasteiger partial charge < -0.3 is 5.32 Å².